The Labute approximate surface area is 168 Å². The number of benzene rings is 1. The minimum absolute atomic E-state index is 0.0698. The molecular weight excluding hydrogens is 393 g/mol. The van der Waals surface area contributed by atoms with E-state index in [4.69, 9.17) is 32.7 Å². The quantitative estimate of drug-likeness (QED) is 0.726. The average Bonchev–Trinajstić information content (AvgIpc) is 2.69. The van der Waals surface area contributed by atoms with Gasteiger partial charge in [0.25, 0.3) is 5.91 Å². The van der Waals surface area contributed by atoms with Crippen LogP contribution in [0.5, 0.6) is 5.75 Å². The van der Waals surface area contributed by atoms with Gasteiger partial charge >= 0.3 is 0 Å². The van der Waals surface area contributed by atoms with Crippen molar-refractivity contribution in [1.82, 2.24) is 14.7 Å². The Morgan fingerprint density at radius 2 is 1.56 bits per heavy atom. The van der Waals surface area contributed by atoms with Crippen molar-refractivity contribution < 1.29 is 19.1 Å². The third-order valence-corrected chi connectivity index (χ3v) is 5.44. The monoisotopic (exact) mass is 415 g/mol. The van der Waals surface area contributed by atoms with Crippen molar-refractivity contribution >= 4 is 35.0 Å². The van der Waals surface area contributed by atoms with Crippen molar-refractivity contribution in [2.75, 3.05) is 65.6 Å². The lowest BCUT2D eigenvalue weighted by atomic mass is 10.3. The number of piperazine rings is 1. The normalized spacial score (nSPS) is 18.4. The van der Waals surface area contributed by atoms with Crippen molar-refractivity contribution in [2.45, 2.75) is 0 Å². The molecule has 0 radical (unpaired) electrons. The van der Waals surface area contributed by atoms with Crippen molar-refractivity contribution in [3.05, 3.63) is 28.2 Å². The van der Waals surface area contributed by atoms with E-state index in [1.807, 2.05) is 4.90 Å². The fraction of sp³-hybridized carbons (Fsp3) is 0.556. The fourth-order valence-electron chi connectivity index (χ4n) is 3.06. The fourth-order valence-corrected chi connectivity index (χ4v) is 3.35. The third kappa shape index (κ3) is 5.72. The van der Waals surface area contributed by atoms with Gasteiger partial charge in [-0.15, -0.1) is 0 Å². The summed E-state index contributed by atoms with van der Waals surface area (Å²) in [5.41, 5.74) is 0. The van der Waals surface area contributed by atoms with Crippen LogP contribution in [-0.4, -0.2) is 92.1 Å². The van der Waals surface area contributed by atoms with Crippen LogP contribution in [0.15, 0.2) is 18.2 Å². The van der Waals surface area contributed by atoms with E-state index in [-0.39, 0.29) is 18.4 Å². The van der Waals surface area contributed by atoms with Gasteiger partial charge in [0, 0.05) is 45.3 Å². The molecule has 3 rings (SSSR count). The summed E-state index contributed by atoms with van der Waals surface area (Å²) in [7, 11) is 0. The highest BCUT2D eigenvalue weighted by atomic mass is 35.5. The molecule has 0 N–H and O–H groups in total. The molecule has 2 aliphatic rings. The third-order valence-electron chi connectivity index (χ3n) is 4.70. The van der Waals surface area contributed by atoms with E-state index in [9.17, 15) is 9.59 Å². The van der Waals surface area contributed by atoms with Gasteiger partial charge in [-0.1, -0.05) is 23.2 Å². The molecule has 0 saturated carbocycles. The summed E-state index contributed by atoms with van der Waals surface area (Å²) in [5, 5.41) is 0.822. The summed E-state index contributed by atoms with van der Waals surface area (Å²) in [4.78, 5) is 30.4. The Hall–Kier alpha value is -1.54. The van der Waals surface area contributed by atoms with Gasteiger partial charge in [-0.3, -0.25) is 14.5 Å². The maximum atomic E-state index is 12.4. The Kier molecular flexibility index (Phi) is 7.18. The van der Waals surface area contributed by atoms with Crippen LogP contribution in [-0.2, 0) is 14.3 Å². The maximum absolute atomic E-state index is 12.4. The smallest absolute Gasteiger partial charge is 0.260 e. The number of morpholine rings is 1. The van der Waals surface area contributed by atoms with Gasteiger partial charge in [0.1, 0.15) is 5.75 Å². The molecule has 148 valence electrons. The Morgan fingerprint density at radius 1 is 0.926 bits per heavy atom. The molecule has 2 heterocycles. The zero-order valence-electron chi connectivity index (χ0n) is 15.0. The lowest BCUT2D eigenvalue weighted by Gasteiger charge is -2.36. The molecule has 7 nitrogen and oxygen atoms in total. The zero-order valence-corrected chi connectivity index (χ0v) is 16.5. The SMILES string of the molecule is O=C(COc1ccc(Cl)c(Cl)c1)N1CCN(C(=O)CN2CCOCC2)CC1. The van der Waals surface area contributed by atoms with Crippen LogP contribution >= 0.6 is 23.2 Å². The summed E-state index contributed by atoms with van der Waals surface area (Å²) >= 11 is 11.8. The van der Waals surface area contributed by atoms with Crippen LogP contribution in [0.4, 0.5) is 0 Å². The van der Waals surface area contributed by atoms with Crippen molar-refractivity contribution in [3.8, 4) is 5.75 Å². The van der Waals surface area contributed by atoms with Gasteiger partial charge in [0.05, 0.1) is 29.8 Å². The Morgan fingerprint density at radius 3 is 2.19 bits per heavy atom. The molecule has 0 bridgehead atoms. The number of amides is 2. The van der Waals surface area contributed by atoms with Crippen molar-refractivity contribution in [3.63, 3.8) is 0 Å². The van der Waals surface area contributed by atoms with E-state index < -0.39 is 0 Å². The number of halogens is 2. The van der Waals surface area contributed by atoms with E-state index in [1.54, 1.807) is 23.1 Å². The molecule has 9 heteroatoms. The largest absolute Gasteiger partial charge is 0.484 e. The molecule has 2 saturated heterocycles. The number of hydrogen-bond acceptors (Lipinski definition) is 5. The van der Waals surface area contributed by atoms with Gasteiger partial charge in [-0.05, 0) is 12.1 Å². The second-order valence-corrected chi connectivity index (χ2v) is 7.33. The molecule has 0 aromatic heterocycles. The van der Waals surface area contributed by atoms with E-state index in [1.165, 1.54) is 0 Å². The molecule has 1 aromatic carbocycles. The Bertz CT molecular complexity index is 675. The van der Waals surface area contributed by atoms with E-state index >= 15 is 0 Å². The molecule has 2 aliphatic heterocycles. The number of carbonyl (C=O) groups is 2. The highest BCUT2D eigenvalue weighted by Crippen LogP contribution is 2.26. The summed E-state index contributed by atoms with van der Waals surface area (Å²) in [6.07, 6.45) is 0. The summed E-state index contributed by atoms with van der Waals surface area (Å²) in [5.74, 6) is 0.495. The van der Waals surface area contributed by atoms with Crippen molar-refractivity contribution in [1.29, 1.82) is 0 Å². The highest BCUT2D eigenvalue weighted by molar-refractivity contribution is 6.42. The molecule has 1 aromatic rings. The van der Waals surface area contributed by atoms with Crippen LogP contribution in [0.3, 0.4) is 0 Å². The first-order valence-corrected chi connectivity index (χ1v) is 9.72. The Balaban J connectivity index is 1.40. The number of ether oxygens (including phenoxy) is 2. The first-order valence-electron chi connectivity index (χ1n) is 8.96. The first kappa shape index (κ1) is 20.2. The minimum Gasteiger partial charge on any atom is -0.484 e. The standard InChI is InChI=1S/C18H23Cl2N3O4/c19-15-2-1-14(11-16(15)20)27-13-18(25)23-5-3-22(4-6-23)17(24)12-21-7-9-26-10-8-21/h1-2,11H,3-10,12-13H2. The van der Waals surface area contributed by atoms with Crippen LogP contribution in [0.1, 0.15) is 0 Å². The molecule has 2 amide bonds. The van der Waals surface area contributed by atoms with Gasteiger partial charge in [-0.25, -0.2) is 0 Å². The van der Waals surface area contributed by atoms with Crippen molar-refractivity contribution in [2.24, 2.45) is 0 Å². The second-order valence-electron chi connectivity index (χ2n) is 6.51. The summed E-state index contributed by atoms with van der Waals surface area (Å²) < 4.78 is 10.8. The van der Waals surface area contributed by atoms with Crippen LogP contribution in [0.2, 0.25) is 10.0 Å². The molecule has 0 atom stereocenters. The van der Waals surface area contributed by atoms with Gasteiger partial charge in [0.2, 0.25) is 5.91 Å². The van der Waals surface area contributed by atoms with Crippen LogP contribution in [0, 0.1) is 0 Å². The van der Waals surface area contributed by atoms with Crippen LogP contribution < -0.4 is 4.74 Å². The molecular formula is C18H23Cl2N3O4. The molecule has 0 unspecified atom stereocenters. The molecule has 0 aliphatic carbocycles. The lowest BCUT2D eigenvalue weighted by Crippen LogP contribution is -2.54. The predicted octanol–water partition coefficient (Wildman–Crippen LogP) is 1.38. The minimum atomic E-state index is -0.110. The highest BCUT2D eigenvalue weighted by Gasteiger charge is 2.25. The summed E-state index contributed by atoms with van der Waals surface area (Å²) in [6, 6.07) is 4.88. The first-order chi connectivity index (χ1) is 13.0. The predicted molar refractivity (Wildman–Crippen MR) is 102 cm³/mol. The number of hydrogen-bond donors (Lipinski definition) is 0. The van der Waals surface area contributed by atoms with Gasteiger partial charge in [-0.2, -0.15) is 0 Å². The number of nitrogens with zero attached hydrogens (tertiary/aromatic N) is 3. The van der Waals surface area contributed by atoms with Crippen LogP contribution in [0.25, 0.3) is 0 Å². The van der Waals surface area contributed by atoms with E-state index in [2.05, 4.69) is 4.90 Å². The maximum Gasteiger partial charge on any atom is 0.260 e. The number of rotatable bonds is 5. The van der Waals surface area contributed by atoms with Gasteiger partial charge < -0.3 is 19.3 Å². The molecule has 2 fully saturated rings. The molecule has 0 spiro atoms. The zero-order chi connectivity index (χ0) is 19.2. The second kappa shape index (κ2) is 9.59. The molecule has 27 heavy (non-hydrogen) atoms. The van der Waals surface area contributed by atoms with E-state index in [0.717, 1.165) is 13.1 Å². The van der Waals surface area contributed by atoms with Gasteiger partial charge in [0.15, 0.2) is 6.61 Å². The average molecular weight is 416 g/mol. The van der Waals surface area contributed by atoms with E-state index in [0.29, 0.717) is 61.7 Å². The number of carbonyl (C=O) groups excluding carboxylic acids is 2. The summed E-state index contributed by atoms with van der Waals surface area (Å²) in [6.45, 7) is 5.38. The lowest BCUT2D eigenvalue weighted by molar-refractivity contribution is -0.141. The topological polar surface area (TPSA) is 62.3 Å².